The van der Waals surface area contributed by atoms with Gasteiger partial charge in [-0.15, -0.1) is 11.3 Å². The van der Waals surface area contributed by atoms with E-state index in [0.29, 0.717) is 0 Å². The zero-order valence-electron chi connectivity index (χ0n) is 14.4. The predicted molar refractivity (Wildman–Crippen MR) is 107 cm³/mol. The van der Waals surface area contributed by atoms with Crippen molar-refractivity contribution in [2.24, 2.45) is 0 Å². The van der Waals surface area contributed by atoms with Crippen LogP contribution in [0.2, 0.25) is 0 Å². The van der Waals surface area contributed by atoms with Crippen LogP contribution in [-0.4, -0.2) is 28.0 Å². The molecule has 0 fully saturated rings. The molecule has 0 spiro atoms. The number of amides is 1. The molecule has 2 heterocycles. The van der Waals surface area contributed by atoms with Crippen molar-refractivity contribution < 1.29 is 14.7 Å². The van der Waals surface area contributed by atoms with Crippen LogP contribution < -0.4 is 5.32 Å². The largest absolute Gasteiger partial charge is 0.480 e. The van der Waals surface area contributed by atoms with Crippen molar-refractivity contribution in [2.75, 3.05) is 0 Å². The summed E-state index contributed by atoms with van der Waals surface area (Å²) in [6, 6.07) is 14.7. The predicted octanol–water partition coefficient (Wildman–Crippen LogP) is 3.74. The SMILES string of the molecule is O=C(Cc1c[nH]c2ccccc12)NC(Cc1csc2ccccc12)C(=O)O. The molecule has 27 heavy (non-hydrogen) atoms. The summed E-state index contributed by atoms with van der Waals surface area (Å²) in [4.78, 5) is 27.3. The maximum atomic E-state index is 12.5. The van der Waals surface area contributed by atoms with Gasteiger partial charge in [-0.1, -0.05) is 36.4 Å². The van der Waals surface area contributed by atoms with E-state index in [4.69, 9.17) is 0 Å². The molecule has 0 saturated carbocycles. The van der Waals surface area contributed by atoms with E-state index in [1.165, 1.54) is 0 Å². The van der Waals surface area contributed by atoms with Gasteiger partial charge in [-0.2, -0.15) is 0 Å². The number of aliphatic carboxylic acids is 1. The Morgan fingerprint density at radius 2 is 1.78 bits per heavy atom. The second kappa shape index (κ2) is 7.25. The van der Waals surface area contributed by atoms with Crippen molar-refractivity contribution in [1.29, 1.82) is 0 Å². The lowest BCUT2D eigenvalue weighted by atomic mass is 10.0. The summed E-state index contributed by atoms with van der Waals surface area (Å²) in [5.41, 5.74) is 2.75. The molecule has 0 aliphatic carbocycles. The van der Waals surface area contributed by atoms with E-state index in [2.05, 4.69) is 10.3 Å². The summed E-state index contributed by atoms with van der Waals surface area (Å²) in [5, 5.41) is 16.2. The molecular weight excluding hydrogens is 360 g/mol. The number of H-pyrrole nitrogens is 1. The van der Waals surface area contributed by atoms with Gasteiger partial charge < -0.3 is 15.4 Å². The molecule has 0 bridgehead atoms. The highest BCUT2D eigenvalue weighted by Gasteiger charge is 2.22. The summed E-state index contributed by atoms with van der Waals surface area (Å²) in [5.74, 6) is -1.33. The monoisotopic (exact) mass is 378 g/mol. The molecule has 0 aliphatic heterocycles. The fourth-order valence-corrected chi connectivity index (χ4v) is 4.28. The Morgan fingerprint density at radius 1 is 1.04 bits per heavy atom. The molecule has 0 radical (unpaired) electrons. The minimum atomic E-state index is -1.03. The highest BCUT2D eigenvalue weighted by molar-refractivity contribution is 7.17. The summed E-state index contributed by atoms with van der Waals surface area (Å²) in [6.07, 6.45) is 2.20. The molecule has 0 saturated heterocycles. The zero-order chi connectivity index (χ0) is 18.8. The van der Waals surface area contributed by atoms with E-state index in [1.54, 1.807) is 17.5 Å². The Bertz CT molecular complexity index is 1130. The van der Waals surface area contributed by atoms with E-state index in [0.717, 1.165) is 32.1 Å². The quantitative estimate of drug-likeness (QED) is 0.478. The van der Waals surface area contributed by atoms with E-state index in [-0.39, 0.29) is 18.7 Å². The molecule has 0 aliphatic rings. The maximum Gasteiger partial charge on any atom is 0.326 e. The Hall–Kier alpha value is -3.12. The second-order valence-electron chi connectivity index (χ2n) is 6.46. The number of fused-ring (bicyclic) bond motifs is 2. The number of aromatic amines is 1. The summed E-state index contributed by atoms with van der Waals surface area (Å²) in [6.45, 7) is 0. The first-order valence-corrected chi connectivity index (χ1v) is 9.52. The number of para-hydroxylation sites is 1. The van der Waals surface area contributed by atoms with Crippen LogP contribution in [0.4, 0.5) is 0 Å². The van der Waals surface area contributed by atoms with Gasteiger partial charge in [0.05, 0.1) is 6.42 Å². The second-order valence-corrected chi connectivity index (χ2v) is 7.37. The Morgan fingerprint density at radius 3 is 2.59 bits per heavy atom. The van der Waals surface area contributed by atoms with Gasteiger partial charge in [0, 0.05) is 28.2 Å². The molecule has 4 rings (SSSR count). The molecule has 2 aromatic heterocycles. The van der Waals surface area contributed by atoms with Crippen molar-refractivity contribution in [3.05, 3.63) is 71.2 Å². The van der Waals surface area contributed by atoms with Gasteiger partial charge in [0.1, 0.15) is 6.04 Å². The van der Waals surface area contributed by atoms with Gasteiger partial charge in [0.2, 0.25) is 5.91 Å². The molecule has 1 amide bonds. The molecule has 1 atom stereocenters. The maximum absolute atomic E-state index is 12.5. The van der Waals surface area contributed by atoms with Crippen molar-refractivity contribution in [3.63, 3.8) is 0 Å². The number of hydrogen-bond acceptors (Lipinski definition) is 3. The zero-order valence-corrected chi connectivity index (χ0v) is 15.3. The average Bonchev–Trinajstić information content (AvgIpc) is 3.26. The highest BCUT2D eigenvalue weighted by Crippen LogP contribution is 2.26. The van der Waals surface area contributed by atoms with E-state index in [1.807, 2.05) is 53.9 Å². The number of carbonyl (C=O) groups excluding carboxylic acids is 1. The third kappa shape index (κ3) is 3.57. The number of carboxylic acids is 1. The summed E-state index contributed by atoms with van der Waals surface area (Å²) in [7, 11) is 0. The number of nitrogens with one attached hydrogen (secondary N) is 2. The van der Waals surface area contributed by atoms with E-state index in [9.17, 15) is 14.7 Å². The lowest BCUT2D eigenvalue weighted by Crippen LogP contribution is -2.42. The van der Waals surface area contributed by atoms with Crippen molar-refractivity contribution in [3.8, 4) is 0 Å². The lowest BCUT2D eigenvalue weighted by Gasteiger charge is -2.14. The van der Waals surface area contributed by atoms with Crippen LogP contribution in [-0.2, 0) is 22.4 Å². The van der Waals surface area contributed by atoms with Crippen molar-refractivity contribution in [2.45, 2.75) is 18.9 Å². The van der Waals surface area contributed by atoms with Gasteiger partial charge >= 0.3 is 5.97 Å². The standard InChI is InChI=1S/C21H18N2O3S/c24-20(10-13-11-22-17-7-3-1-5-15(13)17)23-18(21(25)26)9-14-12-27-19-8-4-2-6-16(14)19/h1-8,11-12,18,22H,9-10H2,(H,23,24)(H,25,26). The fourth-order valence-electron chi connectivity index (χ4n) is 3.31. The first kappa shape index (κ1) is 17.3. The van der Waals surface area contributed by atoms with Crippen LogP contribution in [0.15, 0.2) is 60.1 Å². The summed E-state index contributed by atoms with van der Waals surface area (Å²) >= 11 is 1.58. The molecule has 4 aromatic rings. The van der Waals surface area contributed by atoms with Crippen LogP contribution in [0, 0.1) is 0 Å². The highest BCUT2D eigenvalue weighted by atomic mass is 32.1. The minimum absolute atomic E-state index is 0.137. The molecule has 1 unspecified atom stereocenters. The Balaban J connectivity index is 1.49. The minimum Gasteiger partial charge on any atom is -0.480 e. The molecule has 2 aromatic carbocycles. The smallest absolute Gasteiger partial charge is 0.326 e. The third-order valence-electron chi connectivity index (χ3n) is 4.64. The topological polar surface area (TPSA) is 82.2 Å². The number of hydrogen-bond donors (Lipinski definition) is 3. The summed E-state index contributed by atoms with van der Waals surface area (Å²) < 4.78 is 1.11. The number of thiophene rings is 1. The number of rotatable bonds is 6. The van der Waals surface area contributed by atoms with Gasteiger partial charge in [0.25, 0.3) is 0 Å². The Kier molecular flexibility index (Phi) is 4.64. The molecule has 3 N–H and O–H groups in total. The lowest BCUT2D eigenvalue weighted by molar-refractivity contribution is -0.141. The molecule has 136 valence electrons. The van der Waals surface area contributed by atoms with Crippen LogP contribution >= 0.6 is 11.3 Å². The van der Waals surface area contributed by atoms with Crippen LogP contribution in [0.3, 0.4) is 0 Å². The first-order valence-electron chi connectivity index (χ1n) is 8.64. The van der Waals surface area contributed by atoms with E-state index < -0.39 is 12.0 Å². The number of carbonyl (C=O) groups is 2. The van der Waals surface area contributed by atoms with Gasteiger partial charge in [-0.25, -0.2) is 4.79 Å². The molecule has 6 heteroatoms. The number of aromatic nitrogens is 1. The average molecular weight is 378 g/mol. The van der Waals surface area contributed by atoms with Gasteiger partial charge in [0.15, 0.2) is 0 Å². The van der Waals surface area contributed by atoms with Gasteiger partial charge in [-0.3, -0.25) is 4.79 Å². The van der Waals surface area contributed by atoms with Crippen LogP contribution in [0.1, 0.15) is 11.1 Å². The number of benzene rings is 2. The van der Waals surface area contributed by atoms with E-state index >= 15 is 0 Å². The Labute approximate surface area is 159 Å². The van der Waals surface area contributed by atoms with Crippen LogP contribution in [0.5, 0.6) is 0 Å². The fraction of sp³-hybridized carbons (Fsp3) is 0.143. The van der Waals surface area contributed by atoms with Crippen molar-refractivity contribution in [1.82, 2.24) is 10.3 Å². The van der Waals surface area contributed by atoms with Gasteiger partial charge in [-0.05, 0) is 34.0 Å². The molecule has 5 nitrogen and oxygen atoms in total. The normalized spacial score (nSPS) is 12.3. The number of carboxylic acid groups (broad SMARTS) is 1. The molecular formula is C21H18N2O3S. The first-order chi connectivity index (χ1) is 13.1. The van der Waals surface area contributed by atoms with Crippen molar-refractivity contribution >= 4 is 44.2 Å². The van der Waals surface area contributed by atoms with Crippen LogP contribution in [0.25, 0.3) is 21.0 Å². The third-order valence-corrected chi connectivity index (χ3v) is 5.66.